The van der Waals surface area contributed by atoms with Crippen molar-refractivity contribution in [3.63, 3.8) is 0 Å². The van der Waals surface area contributed by atoms with E-state index < -0.39 is 0 Å². The van der Waals surface area contributed by atoms with Crippen LogP contribution in [0, 0.1) is 6.92 Å². The van der Waals surface area contributed by atoms with Crippen molar-refractivity contribution in [2.75, 3.05) is 18.6 Å². The van der Waals surface area contributed by atoms with Crippen molar-refractivity contribution in [3.05, 3.63) is 22.3 Å². The van der Waals surface area contributed by atoms with Crippen LogP contribution in [0.1, 0.15) is 12.1 Å². The predicted molar refractivity (Wildman–Crippen MR) is 80.9 cm³/mol. The zero-order valence-corrected chi connectivity index (χ0v) is 12.6. The Bertz CT molecular complexity index is 502. The number of nitrogens with one attached hydrogen (secondary N) is 2. The number of hydrogen-bond acceptors (Lipinski definition) is 3. The number of nitrogens with zero attached hydrogens (tertiary/aromatic N) is 3. The first kappa shape index (κ1) is 13.2. The van der Waals surface area contributed by atoms with Crippen LogP contribution in [0.5, 0.6) is 0 Å². The molecule has 96 valence electrons. The molecule has 0 aliphatic carbocycles. The van der Waals surface area contributed by atoms with Crippen LogP contribution in [0.25, 0.3) is 0 Å². The molecule has 0 bridgehead atoms. The van der Waals surface area contributed by atoms with Gasteiger partial charge in [0.25, 0.3) is 0 Å². The molecule has 2 rings (SSSR count). The summed E-state index contributed by atoms with van der Waals surface area (Å²) in [6, 6.07) is 3.95. The lowest BCUT2D eigenvalue weighted by atomic mass is 10.3. The second kappa shape index (κ2) is 5.62. The maximum atomic E-state index is 5.01. The van der Waals surface area contributed by atoms with Crippen LogP contribution in [0.4, 0.5) is 5.82 Å². The largest absolute Gasteiger partial charge is 0.364 e. The SMILES string of the molecule is CNC(=S)N=C1CCN(c2ccc(Br)c(C)n2)N1. The Morgan fingerprint density at radius 3 is 3.06 bits per heavy atom. The van der Waals surface area contributed by atoms with Gasteiger partial charge in [0, 0.05) is 24.5 Å². The summed E-state index contributed by atoms with van der Waals surface area (Å²) in [5, 5.41) is 5.28. The first-order valence-electron chi connectivity index (χ1n) is 5.57. The van der Waals surface area contributed by atoms with Crippen molar-refractivity contribution in [3.8, 4) is 0 Å². The molecule has 1 saturated heterocycles. The lowest BCUT2D eigenvalue weighted by Gasteiger charge is -2.17. The summed E-state index contributed by atoms with van der Waals surface area (Å²) in [7, 11) is 1.76. The molecule has 18 heavy (non-hydrogen) atoms. The van der Waals surface area contributed by atoms with Gasteiger partial charge in [0.1, 0.15) is 11.7 Å². The summed E-state index contributed by atoms with van der Waals surface area (Å²) >= 11 is 8.45. The molecule has 1 aromatic rings. The lowest BCUT2D eigenvalue weighted by Crippen LogP contribution is -2.34. The van der Waals surface area contributed by atoms with Crippen molar-refractivity contribution in [1.82, 2.24) is 15.7 Å². The minimum atomic E-state index is 0.485. The molecule has 0 saturated carbocycles. The smallest absolute Gasteiger partial charge is 0.194 e. The van der Waals surface area contributed by atoms with Gasteiger partial charge in [-0.05, 0) is 47.2 Å². The molecule has 7 heteroatoms. The van der Waals surface area contributed by atoms with Gasteiger partial charge in [-0.1, -0.05) is 0 Å². The number of aliphatic imine (C=N–C) groups is 1. The fourth-order valence-corrected chi connectivity index (χ4v) is 1.93. The van der Waals surface area contributed by atoms with Gasteiger partial charge >= 0.3 is 0 Å². The van der Waals surface area contributed by atoms with Crippen LogP contribution in [0.15, 0.2) is 21.6 Å². The highest BCUT2D eigenvalue weighted by atomic mass is 79.9. The molecule has 1 aliphatic rings. The topological polar surface area (TPSA) is 52.6 Å². The highest BCUT2D eigenvalue weighted by molar-refractivity contribution is 9.10. The number of aryl methyl sites for hydroxylation is 1. The average Bonchev–Trinajstić information content (AvgIpc) is 2.81. The van der Waals surface area contributed by atoms with Crippen molar-refractivity contribution in [2.45, 2.75) is 13.3 Å². The molecule has 0 spiro atoms. The molecule has 2 N–H and O–H groups in total. The van der Waals surface area contributed by atoms with Gasteiger partial charge in [0.05, 0.1) is 5.69 Å². The van der Waals surface area contributed by atoms with E-state index in [1.165, 1.54) is 0 Å². The molecule has 0 aromatic carbocycles. The van der Waals surface area contributed by atoms with E-state index in [0.717, 1.165) is 34.8 Å². The van der Waals surface area contributed by atoms with Gasteiger partial charge in [0.15, 0.2) is 5.11 Å². The molecule has 0 unspecified atom stereocenters. The van der Waals surface area contributed by atoms with Crippen LogP contribution >= 0.6 is 28.1 Å². The number of hydrazine groups is 1. The third kappa shape index (κ3) is 2.97. The fraction of sp³-hybridized carbons (Fsp3) is 0.364. The highest BCUT2D eigenvalue weighted by Gasteiger charge is 2.19. The van der Waals surface area contributed by atoms with Crippen LogP contribution in [0.2, 0.25) is 0 Å². The van der Waals surface area contributed by atoms with E-state index in [0.29, 0.717) is 5.11 Å². The second-order valence-corrected chi connectivity index (χ2v) is 5.10. The van der Waals surface area contributed by atoms with Gasteiger partial charge in [-0.15, -0.1) is 0 Å². The van der Waals surface area contributed by atoms with E-state index in [9.17, 15) is 0 Å². The van der Waals surface area contributed by atoms with E-state index in [4.69, 9.17) is 12.2 Å². The summed E-state index contributed by atoms with van der Waals surface area (Å²) in [5.41, 5.74) is 4.16. The Kier molecular flexibility index (Phi) is 4.13. The maximum Gasteiger partial charge on any atom is 0.194 e. The standard InChI is InChI=1S/C11H14BrN5S/c1-7-8(12)3-4-10(14-7)17-6-5-9(16-17)15-11(18)13-2/h3-4H,5-6H2,1-2H3,(H2,13,15,16,18). The Balaban J connectivity index is 2.11. The van der Waals surface area contributed by atoms with E-state index in [1.807, 2.05) is 24.1 Å². The number of aromatic nitrogens is 1. The molecule has 0 amide bonds. The minimum absolute atomic E-state index is 0.485. The summed E-state index contributed by atoms with van der Waals surface area (Å²) < 4.78 is 1.01. The predicted octanol–water partition coefficient (Wildman–Crippen LogP) is 1.77. The first-order valence-corrected chi connectivity index (χ1v) is 6.77. The molecule has 1 aliphatic heterocycles. The third-order valence-electron chi connectivity index (χ3n) is 2.57. The van der Waals surface area contributed by atoms with Crippen LogP contribution in [0.3, 0.4) is 0 Å². The Morgan fingerprint density at radius 2 is 2.39 bits per heavy atom. The molecule has 1 aromatic heterocycles. The number of rotatable bonds is 1. The normalized spacial score (nSPS) is 16.8. The number of thiocarbonyl (C=S) groups is 1. The van der Waals surface area contributed by atoms with Crippen LogP contribution in [-0.4, -0.2) is 29.5 Å². The molecule has 0 atom stereocenters. The number of halogens is 1. The van der Waals surface area contributed by atoms with E-state index >= 15 is 0 Å². The molecule has 1 fully saturated rings. The summed E-state index contributed by atoms with van der Waals surface area (Å²) in [4.78, 5) is 8.76. The Labute approximate surface area is 120 Å². The number of pyridine rings is 1. The maximum absolute atomic E-state index is 5.01. The summed E-state index contributed by atoms with van der Waals surface area (Å²) in [6.45, 7) is 2.80. The van der Waals surface area contributed by atoms with Crippen molar-refractivity contribution < 1.29 is 0 Å². The Morgan fingerprint density at radius 1 is 1.61 bits per heavy atom. The monoisotopic (exact) mass is 327 g/mol. The van der Waals surface area contributed by atoms with Crippen LogP contribution in [-0.2, 0) is 0 Å². The van der Waals surface area contributed by atoms with Crippen molar-refractivity contribution in [1.29, 1.82) is 0 Å². The summed E-state index contributed by atoms with van der Waals surface area (Å²) in [5.74, 6) is 1.74. The molecule has 0 radical (unpaired) electrons. The third-order valence-corrected chi connectivity index (χ3v) is 3.70. The van der Waals surface area contributed by atoms with Crippen molar-refractivity contribution in [2.24, 2.45) is 4.99 Å². The van der Waals surface area contributed by atoms with E-state index in [1.54, 1.807) is 7.05 Å². The number of anilines is 1. The Hall–Kier alpha value is -1.21. The van der Waals surface area contributed by atoms with Gasteiger partial charge < -0.3 is 5.32 Å². The molecular weight excluding hydrogens is 314 g/mol. The first-order chi connectivity index (χ1) is 8.60. The van der Waals surface area contributed by atoms with Gasteiger partial charge in [-0.3, -0.25) is 10.4 Å². The van der Waals surface area contributed by atoms with Gasteiger partial charge in [-0.25, -0.2) is 9.98 Å². The van der Waals surface area contributed by atoms with E-state index in [-0.39, 0.29) is 0 Å². The van der Waals surface area contributed by atoms with E-state index in [2.05, 4.69) is 36.6 Å². The highest BCUT2D eigenvalue weighted by Crippen LogP contribution is 2.19. The summed E-state index contributed by atoms with van der Waals surface area (Å²) in [6.07, 6.45) is 0.832. The quantitative estimate of drug-likeness (QED) is 0.770. The van der Waals surface area contributed by atoms with Crippen molar-refractivity contribution >= 4 is 44.9 Å². The average molecular weight is 328 g/mol. The number of amidine groups is 1. The fourth-order valence-electron chi connectivity index (χ4n) is 1.60. The van der Waals surface area contributed by atoms with Gasteiger partial charge in [0.2, 0.25) is 0 Å². The number of hydrogen-bond donors (Lipinski definition) is 2. The zero-order chi connectivity index (χ0) is 13.1. The molecule has 5 nitrogen and oxygen atoms in total. The molecular formula is C11H14BrN5S. The lowest BCUT2D eigenvalue weighted by molar-refractivity contribution is 0.831. The minimum Gasteiger partial charge on any atom is -0.364 e. The second-order valence-electron chi connectivity index (χ2n) is 3.86. The van der Waals surface area contributed by atoms with Gasteiger partial charge in [-0.2, -0.15) is 0 Å². The molecule has 2 heterocycles. The zero-order valence-electron chi connectivity index (χ0n) is 10.2. The van der Waals surface area contributed by atoms with Crippen LogP contribution < -0.4 is 15.8 Å².